The highest BCUT2D eigenvalue weighted by atomic mass is 19.4. The minimum absolute atomic E-state index is 0.166. The molecular weight excluding hydrogens is 357 g/mol. The van der Waals surface area contributed by atoms with Crippen molar-refractivity contribution in [1.82, 2.24) is 10.6 Å². The van der Waals surface area contributed by atoms with E-state index < -0.39 is 17.8 Å². The number of nitrogens with one attached hydrogen (secondary N) is 2. The van der Waals surface area contributed by atoms with Crippen molar-refractivity contribution < 1.29 is 22.7 Å². The van der Waals surface area contributed by atoms with Crippen molar-refractivity contribution >= 4 is 6.03 Å². The van der Waals surface area contributed by atoms with E-state index in [0.717, 1.165) is 25.0 Å². The third kappa shape index (κ3) is 4.94. The van der Waals surface area contributed by atoms with Crippen LogP contribution in [0.15, 0.2) is 24.3 Å². The number of alkyl halides is 3. The molecule has 0 heterocycles. The lowest BCUT2D eigenvalue weighted by Crippen LogP contribution is -2.55. The van der Waals surface area contributed by atoms with Crippen LogP contribution in [-0.4, -0.2) is 25.3 Å². The molecule has 1 aromatic rings. The van der Waals surface area contributed by atoms with Crippen LogP contribution in [0.5, 0.6) is 0 Å². The molecule has 0 bridgehead atoms. The van der Waals surface area contributed by atoms with Crippen LogP contribution in [0.1, 0.15) is 62.6 Å². The van der Waals surface area contributed by atoms with E-state index in [2.05, 4.69) is 10.6 Å². The Kier molecular flexibility index (Phi) is 5.99. The summed E-state index contributed by atoms with van der Waals surface area (Å²) in [7, 11) is 0. The minimum atomic E-state index is -4.41. The maximum Gasteiger partial charge on any atom is 0.416 e. The molecule has 2 aliphatic rings. The van der Waals surface area contributed by atoms with Gasteiger partial charge in [0.1, 0.15) is 0 Å². The second kappa shape index (κ2) is 8.09. The van der Waals surface area contributed by atoms with Crippen molar-refractivity contribution in [2.24, 2.45) is 5.41 Å². The highest BCUT2D eigenvalue weighted by Crippen LogP contribution is 2.55. The molecule has 2 amide bonds. The number of hydrogen-bond donors (Lipinski definition) is 2. The molecule has 3 rings (SSSR count). The van der Waals surface area contributed by atoms with E-state index in [1.165, 1.54) is 25.3 Å². The zero-order valence-corrected chi connectivity index (χ0v) is 15.6. The Morgan fingerprint density at radius 1 is 1.33 bits per heavy atom. The zero-order valence-electron chi connectivity index (χ0n) is 15.6. The molecule has 2 N–H and O–H groups in total. The summed E-state index contributed by atoms with van der Waals surface area (Å²) in [5, 5.41) is 5.80. The summed E-state index contributed by atoms with van der Waals surface area (Å²) < 4.78 is 44.4. The Hall–Kier alpha value is -1.76. The van der Waals surface area contributed by atoms with Crippen LogP contribution >= 0.6 is 0 Å². The number of hydrogen-bond acceptors (Lipinski definition) is 2. The van der Waals surface area contributed by atoms with Crippen LogP contribution in [0, 0.1) is 5.41 Å². The summed E-state index contributed by atoms with van der Waals surface area (Å²) in [6.45, 7) is 2.74. The fourth-order valence-electron chi connectivity index (χ4n) is 4.16. The molecule has 1 aromatic carbocycles. The van der Waals surface area contributed by atoms with Gasteiger partial charge in [-0.3, -0.25) is 0 Å². The van der Waals surface area contributed by atoms with Gasteiger partial charge in [0.25, 0.3) is 0 Å². The van der Waals surface area contributed by atoms with Crippen LogP contribution in [0.2, 0.25) is 0 Å². The van der Waals surface area contributed by atoms with Crippen LogP contribution in [0.4, 0.5) is 18.0 Å². The molecule has 7 heteroatoms. The quantitative estimate of drug-likeness (QED) is 0.663. The van der Waals surface area contributed by atoms with E-state index in [4.69, 9.17) is 4.74 Å². The van der Waals surface area contributed by atoms with Crippen LogP contribution < -0.4 is 10.6 Å². The summed E-state index contributed by atoms with van der Waals surface area (Å²) in [4.78, 5) is 12.4. The molecule has 0 aliphatic heterocycles. The Morgan fingerprint density at radius 2 is 2.07 bits per heavy atom. The van der Waals surface area contributed by atoms with Gasteiger partial charge in [0.15, 0.2) is 0 Å². The topological polar surface area (TPSA) is 50.4 Å². The Morgan fingerprint density at radius 3 is 2.67 bits per heavy atom. The van der Waals surface area contributed by atoms with E-state index in [1.807, 2.05) is 6.92 Å². The molecule has 27 heavy (non-hydrogen) atoms. The molecular formula is C20H27F3N2O2. The van der Waals surface area contributed by atoms with Crippen molar-refractivity contribution in [1.29, 1.82) is 0 Å². The highest BCUT2D eigenvalue weighted by Gasteiger charge is 2.48. The van der Waals surface area contributed by atoms with Crippen molar-refractivity contribution in [3.05, 3.63) is 35.4 Å². The molecule has 150 valence electrons. The molecule has 0 aromatic heterocycles. The largest absolute Gasteiger partial charge is 0.416 e. The predicted molar refractivity (Wildman–Crippen MR) is 96.3 cm³/mol. The van der Waals surface area contributed by atoms with Crippen molar-refractivity contribution in [2.45, 2.75) is 63.7 Å². The SMILES string of the molecule is CCOCCC(NC(=O)NC1CC2(CCC2)C1)c1cccc(C(F)(F)F)c1. The fourth-order valence-corrected chi connectivity index (χ4v) is 4.16. The van der Waals surface area contributed by atoms with Gasteiger partial charge in [-0.15, -0.1) is 0 Å². The zero-order chi connectivity index (χ0) is 19.5. The van der Waals surface area contributed by atoms with Gasteiger partial charge in [-0.25, -0.2) is 4.79 Å². The average Bonchev–Trinajstić information content (AvgIpc) is 2.54. The molecule has 1 atom stereocenters. The summed E-state index contributed by atoms with van der Waals surface area (Å²) in [6, 6.07) is 4.43. The van der Waals surface area contributed by atoms with Crippen molar-refractivity contribution in [2.75, 3.05) is 13.2 Å². The van der Waals surface area contributed by atoms with Gasteiger partial charge >= 0.3 is 12.2 Å². The lowest BCUT2D eigenvalue weighted by molar-refractivity contribution is -0.137. The standard InChI is InChI=1S/C20H27F3N2O2/c1-2-27-10-7-17(14-5-3-6-15(11-14)20(21,22)23)25-18(26)24-16-12-19(13-16)8-4-9-19/h3,5-6,11,16-17H,2,4,7-10,12-13H2,1H3,(H2,24,25,26). The lowest BCUT2D eigenvalue weighted by Gasteiger charge is -2.54. The van der Waals surface area contributed by atoms with E-state index in [0.29, 0.717) is 30.6 Å². The first kappa shape index (κ1) is 20.0. The third-order valence-electron chi connectivity index (χ3n) is 5.78. The molecule has 0 saturated heterocycles. The van der Waals surface area contributed by atoms with Gasteiger partial charge in [0.2, 0.25) is 0 Å². The average molecular weight is 384 g/mol. The summed E-state index contributed by atoms with van der Waals surface area (Å²) in [6.07, 6.45) is 1.78. The fraction of sp³-hybridized carbons (Fsp3) is 0.650. The number of rotatable bonds is 7. The Labute approximate surface area is 157 Å². The monoisotopic (exact) mass is 384 g/mol. The van der Waals surface area contributed by atoms with Crippen LogP contribution in [-0.2, 0) is 10.9 Å². The molecule has 0 radical (unpaired) electrons. The highest BCUT2D eigenvalue weighted by molar-refractivity contribution is 5.75. The van der Waals surface area contributed by atoms with E-state index in [1.54, 1.807) is 6.07 Å². The molecule has 4 nitrogen and oxygen atoms in total. The second-order valence-corrected chi connectivity index (χ2v) is 7.74. The number of carbonyl (C=O) groups excluding carboxylic acids is 1. The number of urea groups is 1. The van der Waals surface area contributed by atoms with E-state index in [9.17, 15) is 18.0 Å². The molecule has 1 spiro atoms. The Bertz CT molecular complexity index is 651. The second-order valence-electron chi connectivity index (χ2n) is 7.74. The summed E-state index contributed by atoms with van der Waals surface area (Å²) >= 11 is 0. The van der Waals surface area contributed by atoms with Gasteiger partial charge in [-0.2, -0.15) is 13.2 Å². The molecule has 2 fully saturated rings. The first-order chi connectivity index (χ1) is 12.8. The number of halogens is 3. The van der Waals surface area contributed by atoms with E-state index in [-0.39, 0.29) is 12.1 Å². The van der Waals surface area contributed by atoms with Gasteiger partial charge in [0, 0.05) is 19.3 Å². The first-order valence-electron chi connectivity index (χ1n) is 9.63. The summed E-state index contributed by atoms with van der Waals surface area (Å²) in [5.74, 6) is 0. The smallest absolute Gasteiger partial charge is 0.382 e. The van der Waals surface area contributed by atoms with Gasteiger partial charge < -0.3 is 15.4 Å². The van der Waals surface area contributed by atoms with Gasteiger partial charge in [-0.1, -0.05) is 18.6 Å². The van der Waals surface area contributed by atoms with E-state index >= 15 is 0 Å². The van der Waals surface area contributed by atoms with Crippen molar-refractivity contribution in [3.63, 3.8) is 0 Å². The van der Waals surface area contributed by atoms with Gasteiger partial charge in [-0.05, 0) is 62.1 Å². The van der Waals surface area contributed by atoms with Crippen LogP contribution in [0.25, 0.3) is 0 Å². The lowest BCUT2D eigenvalue weighted by atomic mass is 9.54. The normalized spacial score (nSPS) is 19.9. The third-order valence-corrected chi connectivity index (χ3v) is 5.78. The Balaban J connectivity index is 1.61. The maximum atomic E-state index is 13.0. The number of amides is 2. The minimum Gasteiger partial charge on any atom is -0.382 e. The number of carbonyl (C=O) groups is 1. The molecule has 2 aliphatic carbocycles. The van der Waals surface area contributed by atoms with Crippen LogP contribution in [0.3, 0.4) is 0 Å². The van der Waals surface area contributed by atoms with Crippen molar-refractivity contribution in [3.8, 4) is 0 Å². The number of benzene rings is 1. The van der Waals surface area contributed by atoms with Gasteiger partial charge in [0.05, 0.1) is 11.6 Å². The maximum absolute atomic E-state index is 13.0. The summed E-state index contributed by atoms with van der Waals surface area (Å²) in [5.41, 5.74) is 0.172. The first-order valence-corrected chi connectivity index (χ1v) is 9.63. The molecule has 2 saturated carbocycles. The number of ether oxygens (including phenoxy) is 1. The predicted octanol–water partition coefficient (Wildman–Crippen LogP) is 4.81. The molecule has 1 unspecified atom stereocenters.